The molecule has 0 fully saturated rings. The van der Waals surface area contributed by atoms with E-state index in [1.807, 2.05) is 0 Å². The normalized spacial score (nSPS) is 12.9. The lowest BCUT2D eigenvalue weighted by Crippen LogP contribution is -2.36. The average molecular weight is 423 g/mol. The first-order chi connectivity index (χ1) is 13.5. The summed E-state index contributed by atoms with van der Waals surface area (Å²) in [5.74, 6) is -0.951. The Morgan fingerprint density at radius 3 is 2.71 bits per heavy atom. The third kappa shape index (κ3) is 3.98. The highest BCUT2D eigenvalue weighted by atomic mass is 35.5. The second-order valence-electron chi connectivity index (χ2n) is 6.00. The zero-order chi connectivity index (χ0) is 20.3. The molecule has 0 atom stereocenters. The van der Waals surface area contributed by atoms with Crippen LogP contribution < -0.4 is 5.32 Å². The fraction of sp³-hybridized carbons (Fsp3) is 0.316. The number of ether oxygens (including phenoxy) is 2. The molecule has 0 spiro atoms. The van der Waals surface area contributed by atoms with Crippen LogP contribution >= 0.6 is 22.9 Å². The van der Waals surface area contributed by atoms with Gasteiger partial charge >= 0.3 is 12.1 Å². The van der Waals surface area contributed by atoms with Gasteiger partial charge in [-0.25, -0.2) is 9.59 Å². The van der Waals surface area contributed by atoms with E-state index in [1.165, 1.54) is 18.4 Å². The summed E-state index contributed by atoms with van der Waals surface area (Å²) in [4.78, 5) is 39.4. The number of amides is 2. The molecule has 2 aromatic rings. The molecule has 148 valence electrons. The van der Waals surface area contributed by atoms with Crippen molar-refractivity contribution in [3.63, 3.8) is 0 Å². The number of thiophene rings is 1. The van der Waals surface area contributed by atoms with Gasteiger partial charge in [0.25, 0.3) is 5.91 Å². The van der Waals surface area contributed by atoms with Gasteiger partial charge in [-0.3, -0.25) is 4.79 Å². The van der Waals surface area contributed by atoms with Gasteiger partial charge in [0.2, 0.25) is 0 Å². The van der Waals surface area contributed by atoms with Gasteiger partial charge in [-0.1, -0.05) is 23.7 Å². The maximum Gasteiger partial charge on any atom is 0.410 e. The zero-order valence-corrected chi connectivity index (χ0v) is 17.0. The number of hydrogen-bond acceptors (Lipinski definition) is 6. The molecule has 1 N–H and O–H groups in total. The second kappa shape index (κ2) is 8.62. The van der Waals surface area contributed by atoms with Crippen molar-refractivity contribution in [1.29, 1.82) is 0 Å². The summed E-state index contributed by atoms with van der Waals surface area (Å²) in [6.45, 7) is 2.77. The largest absolute Gasteiger partial charge is 0.465 e. The molecule has 0 saturated heterocycles. The maximum atomic E-state index is 12.6. The molecule has 0 radical (unpaired) electrons. The minimum absolute atomic E-state index is 0.291. The molecule has 28 heavy (non-hydrogen) atoms. The molecule has 2 heterocycles. The Morgan fingerprint density at radius 1 is 1.29 bits per heavy atom. The monoisotopic (exact) mass is 422 g/mol. The molecule has 9 heteroatoms. The van der Waals surface area contributed by atoms with Crippen molar-refractivity contribution in [3.05, 3.63) is 50.9 Å². The summed E-state index contributed by atoms with van der Waals surface area (Å²) < 4.78 is 9.96. The van der Waals surface area contributed by atoms with Gasteiger partial charge in [0.15, 0.2) is 0 Å². The maximum absolute atomic E-state index is 12.6. The Bertz CT molecular complexity index is 927. The van der Waals surface area contributed by atoms with Gasteiger partial charge in [-0.15, -0.1) is 11.3 Å². The second-order valence-corrected chi connectivity index (χ2v) is 7.52. The number of halogens is 1. The summed E-state index contributed by atoms with van der Waals surface area (Å²) in [7, 11) is 1.29. The van der Waals surface area contributed by atoms with E-state index in [0.717, 1.165) is 10.4 Å². The lowest BCUT2D eigenvalue weighted by molar-refractivity contribution is 0.0600. The highest BCUT2D eigenvalue weighted by Crippen LogP contribution is 2.38. The molecule has 1 aliphatic heterocycles. The highest BCUT2D eigenvalue weighted by Gasteiger charge is 2.31. The lowest BCUT2D eigenvalue weighted by Gasteiger charge is -2.26. The molecule has 1 aromatic carbocycles. The van der Waals surface area contributed by atoms with Gasteiger partial charge < -0.3 is 19.7 Å². The minimum Gasteiger partial charge on any atom is -0.465 e. The van der Waals surface area contributed by atoms with Gasteiger partial charge in [0.1, 0.15) is 5.00 Å². The van der Waals surface area contributed by atoms with Crippen molar-refractivity contribution in [2.45, 2.75) is 19.9 Å². The first kappa shape index (κ1) is 20.2. The number of nitrogens with zero attached hydrogens (tertiary/aromatic N) is 1. The van der Waals surface area contributed by atoms with Crippen LogP contribution in [-0.4, -0.2) is 43.1 Å². The topological polar surface area (TPSA) is 84.9 Å². The smallest absolute Gasteiger partial charge is 0.410 e. The van der Waals surface area contributed by atoms with Crippen molar-refractivity contribution in [2.75, 3.05) is 25.6 Å². The molecule has 0 aliphatic carbocycles. The molecule has 1 aromatic heterocycles. The standard InChI is InChI=1S/C19H19ClN2O5S/c1-3-27-19(25)22-9-8-12-14(10-22)28-17(15(12)18(24)26-2)21-16(23)11-6-4-5-7-13(11)20/h4-7H,3,8-10H2,1-2H3,(H,21,23). The van der Waals surface area contributed by atoms with Gasteiger partial charge in [0.05, 0.1) is 36.4 Å². The van der Waals surface area contributed by atoms with Gasteiger partial charge in [-0.2, -0.15) is 0 Å². The summed E-state index contributed by atoms with van der Waals surface area (Å²) in [5.41, 5.74) is 1.41. The summed E-state index contributed by atoms with van der Waals surface area (Å²) in [6, 6.07) is 6.66. The molecule has 3 rings (SSSR count). The molecule has 2 amide bonds. The number of carbonyl (C=O) groups is 3. The van der Waals surface area contributed by atoms with E-state index in [2.05, 4.69) is 5.32 Å². The third-order valence-electron chi connectivity index (χ3n) is 4.32. The Morgan fingerprint density at radius 2 is 2.04 bits per heavy atom. The minimum atomic E-state index is -0.531. The third-order valence-corrected chi connectivity index (χ3v) is 5.78. The van der Waals surface area contributed by atoms with Crippen molar-refractivity contribution < 1.29 is 23.9 Å². The van der Waals surface area contributed by atoms with Crippen LogP contribution in [0.25, 0.3) is 0 Å². The predicted molar refractivity (Wildman–Crippen MR) is 106 cm³/mol. The molecular weight excluding hydrogens is 404 g/mol. The molecular formula is C19H19ClN2O5S. The first-order valence-corrected chi connectivity index (χ1v) is 9.86. The van der Waals surface area contributed by atoms with Crippen LogP contribution in [0, 0.1) is 0 Å². The average Bonchev–Trinajstić information content (AvgIpc) is 3.04. The van der Waals surface area contributed by atoms with Crippen molar-refractivity contribution in [1.82, 2.24) is 4.90 Å². The SMILES string of the molecule is CCOC(=O)N1CCc2c(sc(NC(=O)c3ccccc3Cl)c2C(=O)OC)C1. The first-order valence-electron chi connectivity index (χ1n) is 8.66. The molecule has 0 bridgehead atoms. The fourth-order valence-corrected chi connectivity index (χ4v) is 4.46. The summed E-state index contributed by atoms with van der Waals surface area (Å²) in [6.07, 6.45) is 0.0691. The van der Waals surface area contributed by atoms with E-state index in [9.17, 15) is 14.4 Å². The number of nitrogens with one attached hydrogen (secondary N) is 1. The van der Waals surface area contributed by atoms with Gasteiger partial charge in [0, 0.05) is 11.4 Å². The van der Waals surface area contributed by atoms with Crippen molar-refractivity contribution in [2.24, 2.45) is 0 Å². The number of anilines is 1. The summed E-state index contributed by atoms with van der Waals surface area (Å²) >= 11 is 7.34. The number of hydrogen-bond donors (Lipinski definition) is 1. The van der Waals surface area contributed by atoms with Crippen molar-refractivity contribution >= 4 is 45.9 Å². The van der Waals surface area contributed by atoms with Crippen LogP contribution in [0.3, 0.4) is 0 Å². The van der Waals surface area contributed by atoms with E-state index in [-0.39, 0.29) is 0 Å². The number of rotatable bonds is 4. The fourth-order valence-electron chi connectivity index (χ4n) is 3.00. The number of esters is 1. The Balaban J connectivity index is 1.92. The molecule has 7 nitrogen and oxygen atoms in total. The predicted octanol–water partition coefficient (Wildman–Crippen LogP) is 3.96. The number of benzene rings is 1. The van der Waals surface area contributed by atoms with Crippen molar-refractivity contribution in [3.8, 4) is 0 Å². The quantitative estimate of drug-likeness (QED) is 0.754. The van der Waals surface area contributed by atoms with Crippen LogP contribution in [0.1, 0.15) is 38.1 Å². The van der Waals surface area contributed by atoms with Crippen LogP contribution in [0.2, 0.25) is 5.02 Å². The molecule has 0 unspecified atom stereocenters. The highest BCUT2D eigenvalue weighted by molar-refractivity contribution is 7.17. The van der Waals surface area contributed by atoms with E-state index >= 15 is 0 Å². The Kier molecular flexibility index (Phi) is 6.21. The Labute approximate surface area is 171 Å². The number of fused-ring (bicyclic) bond motifs is 1. The Hall–Kier alpha value is -2.58. The zero-order valence-electron chi connectivity index (χ0n) is 15.4. The number of carbonyl (C=O) groups excluding carboxylic acids is 3. The van der Waals surface area contributed by atoms with E-state index < -0.39 is 18.0 Å². The molecule has 0 saturated carbocycles. The van der Waals surface area contributed by atoms with E-state index in [1.54, 1.807) is 36.1 Å². The molecule has 1 aliphatic rings. The summed E-state index contributed by atoms with van der Waals surface area (Å²) in [5, 5.41) is 3.47. The lowest BCUT2D eigenvalue weighted by atomic mass is 10.0. The van der Waals surface area contributed by atoms with Gasteiger partial charge in [-0.05, 0) is 31.0 Å². The van der Waals surface area contributed by atoms with E-state index in [0.29, 0.717) is 47.3 Å². The van der Waals surface area contributed by atoms with Crippen LogP contribution in [0.5, 0.6) is 0 Å². The van der Waals surface area contributed by atoms with Crippen LogP contribution in [0.4, 0.5) is 9.80 Å². The number of methoxy groups -OCH3 is 1. The van der Waals surface area contributed by atoms with Crippen LogP contribution in [0.15, 0.2) is 24.3 Å². The van der Waals surface area contributed by atoms with E-state index in [4.69, 9.17) is 21.1 Å². The van der Waals surface area contributed by atoms with Crippen LogP contribution in [-0.2, 0) is 22.4 Å².